The molecular formula is C15H19F2N3O2. The first kappa shape index (κ1) is 15.1. The highest BCUT2D eigenvalue weighted by Crippen LogP contribution is 2.40. The number of hydrogen-bond donors (Lipinski definition) is 1. The molecule has 7 heteroatoms. The lowest BCUT2D eigenvalue weighted by molar-refractivity contribution is 0.00477. The average Bonchev–Trinajstić information content (AvgIpc) is 3.03. The summed E-state index contributed by atoms with van der Waals surface area (Å²) in [5, 5.41) is 6.84. The van der Waals surface area contributed by atoms with E-state index in [0.29, 0.717) is 38.0 Å². The van der Waals surface area contributed by atoms with E-state index in [0.717, 1.165) is 6.42 Å². The van der Waals surface area contributed by atoms with Gasteiger partial charge in [0.1, 0.15) is 5.69 Å². The molecule has 0 saturated heterocycles. The monoisotopic (exact) mass is 311 g/mol. The molecule has 2 heterocycles. The van der Waals surface area contributed by atoms with Gasteiger partial charge in [0.25, 0.3) is 5.91 Å². The molecule has 5 nitrogen and oxygen atoms in total. The van der Waals surface area contributed by atoms with Crippen LogP contribution in [0.2, 0.25) is 0 Å². The van der Waals surface area contributed by atoms with Crippen LogP contribution in [0, 0.1) is 5.92 Å². The first-order valence-corrected chi connectivity index (χ1v) is 7.72. The quantitative estimate of drug-likeness (QED) is 0.929. The Hall–Kier alpha value is -1.79. The van der Waals surface area contributed by atoms with Crippen molar-refractivity contribution in [3.05, 3.63) is 17.5 Å². The Bertz CT molecular complexity index is 598. The highest BCUT2D eigenvalue weighted by Gasteiger charge is 2.38. The number of alkyl halides is 2. The van der Waals surface area contributed by atoms with E-state index in [-0.39, 0.29) is 36.1 Å². The second-order valence-electron chi connectivity index (χ2n) is 6.17. The summed E-state index contributed by atoms with van der Waals surface area (Å²) in [4.78, 5) is 23.7. The molecule has 120 valence electrons. The van der Waals surface area contributed by atoms with Crippen LogP contribution < -0.4 is 5.32 Å². The van der Waals surface area contributed by atoms with Crippen LogP contribution in [0.5, 0.6) is 0 Å². The van der Waals surface area contributed by atoms with Crippen molar-refractivity contribution in [2.75, 3.05) is 6.54 Å². The van der Waals surface area contributed by atoms with Gasteiger partial charge in [-0.25, -0.2) is 8.78 Å². The first-order chi connectivity index (χ1) is 10.4. The maximum absolute atomic E-state index is 13.1. The van der Waals surface area contributed by atoms with Gasteiger partial charge in [-0.1, -0.05) is 0 Å². The van der Waals surface area contributed by atoms with Crippen LogP contribution >= 0.6 is 0 Å². The van der Waals surface area contributed by atoms with Gasteiger partial charge in [-0.2, -0.15) is 5.10 Å². The Balaban J connectivity index is 1.51. The molecule has 1 aliphatic carbocycles. The lowest BCUT2D eigenvalue weighted by Gasteiger charge is -2.11. The molecule has 0 radical (unpaired) electrons. The Labute approximate surface area is 127 Å². The Morgan fingerprint density at radius 2 is 2.32 bits per heavy atom. The summed E-state index contributed by atoms with van der Waals surface area (Å²) in [6, 6.07) is 1.51. The molecule has 0 spiro atoms. The van der Waals surface area contributed by atoms with Gasteiger partial charge in [0.15, 0.2) is 11.5 Å². The van der Waals surface area contributed by atoms with Crippen molar-refractivity contribution in [2.24, 2.45) is 5.92 Å². The second kappa shape index (κ2) is 5.78. The summed E-state index contributed by atoms with van der Waals surface area (Å²) in [6.45, 7) is 1.00. The topological polar surface area (TPSA) is 64.0 Å². The zero-order valence-electron chi connectivity index (χ0n) is 12.3. The number of aryl methyl sites for hydroxylation is 1. The second-order valence-corrected chi connectivity index (χ2v) is 6.17. The molecule has 2 aliphatic rings. The number of amides is 1. The molecule has 1 atom stereocenters. The van der Waals surface area contributed by atoms with E-state index < -0.39 is 5.92 Å². The van der Waals surface area contributed by atoms with E-state index >= 15 is 0 Å². The minimum absolute atomic E-state index is 0.00554. The molecule has 0 bridgehead atoms. The van der Waals surface area contributed by atoms with Gasteiger partial charge in [-0.05, 0) is 25.2 Å². The van der Waals surface area contributed by atoms with Crippen molar-refractivity contribution < 1.29 is 18.4 Å². The molecule has 3 rings (SSSR count). The number of ketones is 1. The summed E-state index contributed by atoms with van der Waals surface area (Å²) < 4.78 is 27.7. The van der Waals surface area contributed by atoms with Crippen molar-refractivity contribution in [1.82, 2.24) is 15.1 Å². The van der Waals surface area contributed by atoms with Crippen molar-refractivity contribution in [2.45, 2.75) is 51.0 Å². The lowest BCUT2D eigenvalue weighted by Crippen LogP contribution is -2.26. The molecular weight excluding hydrogens is 292 g/mol. The van der Waals surface area contributed by atoms with Gasteiger partial charge in [-0.3, -0.25) is 14.3 Å². The number of aromatic nitrogens is 2. The Kier molecular flexibility index (Phi) is 3.97. The number of carbonyl (C=O) groups is 2. The zero-order chi connectivity index (χ0) is 15.7. The minimum Gasteiger partial charge on any atom is -0.351 e. The van der Waals surface area contributed by atoms with Gasteiger partial charge in [0.05, 0.1) is 0 Å². The molecule has 1 fully saturated rings. The van der Waals surface area contributed by atoms with Crippen molar-refractivity contribution in [3.63, 3.8) is 0 Å². The number of nitrogens with zero attached hydrogens (tertiary/aromatic N) is 2. The van der Waals surface area contributed by atoms with E-state index in [2.05, 4.69) is 10.4 Å². The number of halogens is 2. The molecule has 1 aromatic heterocycles. The summed E-state index contributed by atoms with van der Waals surface area (Å²) in [5.74, 6) is -2.92. The van der Waals surface area contributed by atoms with Crippen LogP contribution in [0.1, 0.15) is 59.5 Å². The standard InChI is InChI=1S/C15H19F2N3O2/c16-15(17)5-3-10(9-15)4-6-18-14(22)11-8-12-13(21)2-1-7-20(12)19-11/h8,10H,1-7,9H2,(H,18,22)/t10-/m1/s1. The molecule has 1 aromatic rings. The third-order valence-electron chi connectivity index (χ3n) is 4.42. The SMILES string of the molecule is O=C(NCC[C@H]1CCC(F)(F)C1)c1cc2n(n1)CCCC2=O. The van der Waals surface area contributed by atoms with Gasteiger partial charge in [0, 0.05) is 38.4 Å². The average molecular weight is 311 g/mol. The molecule has 22 heavy (non-hydrogen) atoms. The molecule has 1 amide bonds. The van der Waals surface area contributed by atoms with Gasteiger partial charge in [0.2, 0.25) is 5.92 Å². The molecule has 1 saturated carbocycles. The van der Waals surface area contributed by atoms with E-state index in [9.17, 15) is 18.4 Å². The number of rotatable bonds is 4. The fourth-order valence-electron chi connectivity index (χ4n) is 3.21. The third kappa shape index (κ3) is 3.18. The predicted octanol–water partition coefficient (Wildman–Crippen LogP) is 2.41. The highest BCUT2D eigenvalue weighted by molar-refractivity contribution is 5.99. The summed E-state index contributed by atoms with van der Waals surface area (Å²) >= 11 is 0. The Morgan fingerprint density at radius 1 is 1.50 bits per heavy atom. The van der Waals surface area contributed by atoms with E-state index in [1.807, 2.05) is 0 Å². The molecule has 1 aliphatic heterocycles. The molecule has 0 unspecified atom stereocenters. The first-order valence-electron chi connectivity index (χ1n) is 7.72. The number of fused-ring (bicyclic) bond motifs is 1. The van der Waals surface area contributed by atoms with Crippen molar-refractivity contribution in [1.29, 1.82) is 0 Å². The summed E-state index contributed by atoms with van der Waals surface area (Å²) in [5.41, 5.74) is 0.703. The van der Waals surface area contributed by atoms with Crippen molar-refractivity contribution >= 4 is 11.7 Å². The fraction of sp³-hybridized carbons (Fsp3) is 0.667. The van der Waals surface area contributed by atoms with Crippen LogP contribution in [0.4, 0.5) is 8.78 Å². The zero-order valence-corrected chi connectivity index (χ0v) is 12.3. The van der Waals surface area contributed by atoms with Crippen LogP contribution in [-0.4, -0.2) is 33.9 Å². The molecule has 0 aromatic carbocycles. The maximum atomic E-state index is 13.1. The fourth-order valence-corrected chi connectivity index (χ4v) is 3.21. The smallest absolute Gasteiger partial charge is 0.271 e. The largest absolute Gasteiger partial charge is 0.351 e. The third-order valence-corrected chi connectivity index (χ3v) is 4.42. The van der Waals surface area contributed by atoms with Crippen LogP contribution in [0.15, 0.2) is 6.07 Å². The number of carbonyl (C=O) groups excluding carboxylic acids is 2. The number of Topliss-reactive ketones (excluding diaryl/α,β-unsaturated/α-hetero) is 1. The normalized spacial score (nSPS) is 23.4. The van der Waals surface area contributed by atoms with Gasteiger partial charge < -0.3 is 5.32 Å². The lowest BCUT2D eigenvalue weighted by atomic mass is 10.0. The number of hydrogen-bond acceptors (Lipinski definition) is 3. The van der Waals surface area contributed by atoms with Crippen molar-refractivity contribution in [3.8, 4) is 0 Å². The molecule has 1 N–H and O–H groups in total. The maximum Gasteiger partial charge on any atom is 0.271 e. The summed E-state index contributed by atoms with van der Waals surface area (Å²) in [7, 11) is 0. The van der Waals surface area contributed by atoms with Gasteiger partial charge >= 0.3 is 0 Å². The Morgan fingerprint density at radius 3 is 3.00 bits per heavy atom. The van der Waals surface area contributed by atoms with E-state index in [4.69, 9.17) is 0 Å². The van der Waals surface area contributed by atoms with Crippen LogP contribution in [-0.2, 0) is 6.54 Å². The highest BCUT2D eigenvalue weighted by atomic mass is 19.3. The predicted molar refractivity (Wildman–Crippen MR) is 75.0 cm³/mol. The van der Waals surface area contributed by atoms with E-state index in [1.165, 1.54) is 6.07 Å². The minimum atomic E-state index is -2.54. The van der Waals surface area contributed by atoms with E-state index in [1.54, 1.807) is 4.68 Å². The van der Waals surface area contributed by atoms with Crippen LogP contribution in [0.3, 0.4) is 0 Å². The number of nitrogens with one attached hydrogen (secondary N) is 1. The summed E-state index contributed by atoms with van der Waals surface area (Å²) in [6.07, 6.45) is 2.15. The van der Waals surface area contributed by atoms with Crippen LogP contribution in [0.25, 0.3) is 0 Å². The van der Waals surface area contributed by atoms with Gasteiger partial charge in [-0.15, -0.1) is 0 Å².